The molecule has 60 heavy (non-hydrogen) atoms. The molecule has 3 aromatic heterocycles. The smallest absolute Gasteiger partial charge is 0.164 e. The molecule has 0 amide bonds. The van der Waals surface area contributed by atoms with E-state index in [1.165, 1.54) is 5.56 Å². The summed E-state index contributed by atoms with van der Waals surface area (Å²) < 4.78 is 0. The zero-order valence-electron chi connectivity index (χ0n) is 32.4. The van der Waals surface area contributed by atoms with E-state index in [1.54, 1.807) is 0 Å². The van der Waals surface area contributed by atoms with E-state index in [0.717, 1.165) is 88.5 Å². The Bertz CT molecular complexity index is 3350. The minimum atomic E-state index is 0.625. The van der Waals surface area contributed by atoms with Gasteiger partial charge in [0.1, 0.15) is 0 Å². The Balaban J connectivity index is 0.925. The second-order valence-electron chi connectivity index (χ2n) is 14.9. The molecule has 0 saturated carbocycles. The van der Waals surface area contributed by atoms with Crippen LogP contribution in [-0.4, -0.2) is 24.9 Å². The first kappa shape index (κ1) is 35.0. The Hall–Kier alpha value is -8.15. The molecule has 5 nitrogen and oxygen atoms in total. The minimum absolute atomic E-state index is 0.625. The predicted molar refractivity (Wildman–Crippen MR) is 246 cm³/mol. The highest BCUT2D eigenvalue weighted by atomic mass is 15.0. The van der Waals surface area contributed by atoms with Crippen LogP contribution in [0.25, 0.3) is 112 Å². The normalized spacial score (nSPS) is 11.3. The van der Waals surface area contributed by atoms with Gasteiger partial charge in [-0.1, -0.05) is 182 Å². The molecule has 0 aliphatic carbocycles. The van der Waals surface area contributed by atoms with Crippen LogP contribution in [0.4, 0.5) is 0 Å². The number of nitrogens with zero attached hydrogens (tertiary/aromatic N) is 5. The fourth-order valence-electron chi connectivity index (χ4n) is 7.91. The van der Waals surface area contributed by atoms with Gasteiger partial charge >= 0.3 is 0 Å². The summed E-state index contributed by atoms with van der Waals surface area (Å²) in [7, 11) is 0. The largest absolute Gasteiger partial charge is 0.245 e. The van der Waals surface area contributed by atoms with Gasteiger partial charge in [0.25, 0.3) is 0 Å². The molecule has 0 atom stereocenters. The molecule has 8 aromatic carbocycles. The summed E-state index contributed by atoms with van der Waals surface area (Å²) >= 11 is 0. The molecule has 0 saturated heterocycles. The average molecular weight is 766 g/mol. The standard InChI is InChI=1S/C55H35N5/c1-4-11-36(12-5-1)37-19-23-42(24-20-37)54-58-53(41-15-8-3-9-16-41)59-55(60-54)48-18-10-17-43(35-48)44-25-26-46-34-47(28-27-45(46)33-44)50-32-30-40-22-21-39-29-31-49(38-13-6-2-7-14-38)56-51(39)52(40)57-50/h1-35H. The van der Waals surface area contributed by atoms with Gasteiger partial charge in [0.15, 0.2) is 17.5 Å². The second-order valence-corrected chi connectivity index (χ2v) is 14.9. The number of hydrogen-bond acceptors (Lipinski definition) is 5. The molecule has 280 valence electrons. The lowest BCUT2D eigenvalue weighted by molar-refractivity contribution is 1.07. The van der Waals surface area contributed by atoms with Crippen molar-refractivity contribution < 1.29 is 0 Å². The highest BCUT2D eigenvalue weighted by Gasteiger charge is 2.14. The Kier molecular flexibility index (Phi) is 8.75. The first-order valence-electron chi connectivity index (χ1n) is 20.1. The molecule has 0 unspecified atom stereocenters. The quantitative estimate of drug-likeness (QED) is 0.151. The lowest BCUT2D eigenvalue weighted by atomic mass is 9.97. The molecule has 3 heterocycles. The Morgan fingerprint density at radius 3 is 1.18 bits per heavy atom. The van der Waals surface area contributed by atoms with Crippen LogP contribution in [0.15, 0.2) is 212 Å². The fraction of sp³-hybridized carbons (Fsp3) is 0. The minimum Gasteiger partial charge on any atom is -0.245 e. The molecule has 0 fully saturated rings. The average Bonchev–Trinajstić information content (AvgIpc) is 3.34. The summed E-state index contributed by atoms with van der Waals surface area (Å²) in [4.78, 5) is 25.3. The van der Waals surface area contributed by atoms with Gasteiger partial charge < -0.3 is 0 Å². The number of hydrogen-bond donors (Lipinski definition) is 0. The van der Waals surface area contributed by atoms with Gasteiger partial charge in [0.05, 0.1) is 22.4 Å². The van der Waals surface area contributed by atoms with Gasteiger partial charge in [0, 0.05) is 38.6 Å². The number of pyridine rings is 2. The van der Waals surface area contributed by atoms with Crippen LogP contribution in [0.1, 0.15) is 0 Å². The number of benzene rings is 8. The topological polar surface area (TPSA) is 64.5 Å². The molecule has 0 spiro atoms. The van der Waals surface area contributed by atoms with E-state index < -0.39 is 0 Å². The van der Waals surface area contributed by atoms with Crippen LogP contribution in [0.5, 0.6) is 0 Å². The zero-order valence-corrected chi connectivity index (χ0v) is 32.4. The Morgan fingerprint density at radius 1 is 0.200 bits per heavy atom. The van der Waals surface area contributed by atoms with E-state index in [0.29, 0.717) is 17.5 Å². The second kappa shape index (κ2) is 15.0. The molecule has 11 aromatic rings. The van der Waals surface area contributed by atoms with Crippen molar-refractivity contribution >= 4 is 32.6 Å². The van der Waals surface area contributed by atoms with Crippen molar-refractivity contribution in [1.29, 1.82) is 0 Å². The zero-order chi connectivity index (χ0) is 39.8. The van der Waals surface area contributed by atoms with Crippen LogP contribution in [-0.2, 0) is 0 Å². The number of rotatable bonds is 7. The molecule has 11 rings (SSSR count). The summed E-state index contributed by atoms with van der Waals surface area (Å²) in [5.74, 6) is 1.89. The summed E-state index contributed by atoms with van der Waals surface area (Å²) in [5.41, 5.74) is 13.1. The fourth-order valence-corrected chi connectivity index (χ4v) is 7.91. The van der Waals surface area contributed by atoms with E-state index in [2.05, 4.69) is 158 Å². The van der Waals surface area contributed by atoms with Gasteiger partial charge in [0.2, 0.25) is 0 Å². The van der Waals surface area contributed by atoms with E-state index in [9.17, 15) is 0 Å². The highest BCUT2D eigenvalue weighted by Crippen LogP contribution is 2.33. The van der Waals surface area contributed by atoms with E-state index in [1.807, 2.05) is 54.6 Å². The maximum absolute atomic E-state index is 5.21. The molecule has 0 aliphatic heterocycles. The summed E-state index contributed by atoms with van der Waals surface area (Å²) in [5, 5.41) is 4.43. The van der Waals surface area contributed by atoms with Crippen molar-refractivity contribution in [3.8, 4) is 78.9 Å². The molecular formula is C55H35N5. The van der Waals surface area contributed by atoms with E-state index >= 15 is 0 Å². The summed E-state index contributed by atoms with van der Waals surface area (Å²) in [6.45, 7) is 0. The van der Waals surface area contributed by atoms with Crippen LogP contribution >= 0.6 is 0 Å². The van der Waals surface area contributed by atoms with Crippen molar-refractivity contribution in [2.24, 2.45) is 0 Å². The van der Waals surface area contributed by atoms with Crippen molar-refractivity contribution in [2.75, 3.05) is 0 Å². The maximum Gasteiger partial charge on any atom is 0.164 e. The van der Waals surface area contributed by atoms with Gasteiger partial charge in [-0.05, 0) is 63.4 Å². The molecule has 0 N–H and O–H groups in total. The van der Waals surface area contributed by atoms with Gasteiger partial charge in [-0.25, -0.2) is 24.9 Å². The maximum atomic E-state index is 5.21. The third-order valence-electron chi connectivity index (χ3n) is 11.1. The van der Waals surface area contributed by atoms with Crippen molar-refractivity contribution in [2.45, 2.75) is 0 Å². The van der Waals surface area contributed by atoms with Crippen molar-refractivity contribution in [3.63, 3.8) is 0 Å². The van der Waals surface area contributed by atoms with E-state index in [-0.39, 0.29) is 0 Å². The molecule has 0 aliphatic rings. The van der Waals surface area contributed by atoms with Crippen LogP contribution in [0.3, 0.4) is 0 Å². The summed E-state index contributed by atoms with van der Waals surface area (Å²) in [6, 6.07) is 73.6. The summed E-state index contributed by atoms with van der Waals surface area (Å²) in [6.07, 6.45) is 0. The predicted octanol–water partition coefficient (Wildman–Crippen LogP) is 13.8. The van der Waals surface area contributed by atoms with Gasteiger partial charge in [-0.3, -0.25) is 0 Å². The Labute approximate surface area is 347 Å². The van der Waals surface area contributed by atoms with Crippen LogP contribution in [0, 0.1) is 0 Å². The van der Waals surface area contributed by atoms with E-state index in [4.69, 9.17) is 24.9 Å². The van der Waals surface area contributed by atoms with Gasteiger partial charge in [-0.15, -0.1) is 0 Å². The van der Waals surface area contributed by atoms with Crippen molar-refractivity contribution in [3.05, 3.63) is 212 Å². The third-order valence-corrected chi connectivity index (χ3v) is 11.1. The Morgan fingerprint density at radius 2 is 0.567 bits per heavy atom. The molecule has 5 heteroatoms. The van der Waals surface area contributed by atoms with Gasteiger partial charge in [-0.2, -0.15) is 0 Å². The lowest BCUT2D eigenvalue weighted by Gasteiger charge is -2.11. The van der Waals surface area contributed by atoms with Crippen molar-refractivity contribution in [1.82, 2.24) is 24.9 Å². The molecular weight excluding hydrogens is 731 g/mol. The molecule has 0 bridgehead atoms. The first-order chi connectivity index (χ1) is 29.7. The van der Waals surface area contributed by atoms with Crippen LogP contribution in [0.2, 0.25) is 0 Å². The highest BCUT2D eigenvalue weighted by molar-refractivity contribution is 6.04. The monoisotopic (exact) mass is 765 g/mol. The molecule has 0 radical (unpaired) electrons. The third kappa shape index (κ3) is 6.74. The lowest BCUT2D eigenvalue weighted by Crippen LogP contribution is -2.00. The first-order valence-corrected chi connectivity index (χ1v) is 20.1. The number of aromatic nitrogens is 5. The number of fused-ring (bicyclic) bond motifs is 4. The van der Waals surface area contributed by atoms with Crippen LogP contribution < -0.4 is 0 Å². The SMILES string of the molecule is c1ccc(-c2ccc(-c3nc(-c4ccccc4)nc(-c4cccc(-c5ccc6cc(-c7ccc8ccc9ccc(-c%10ccccc%10)nc9c8n7)ccc6c5)c4)n3)cc2)cc1.